The van der Waals surface area contributed by atoms with E-state index in [4.69, 9.17) is 10.8 Å². The molecule has 0 spiro atoms. The lowest BCUT2D eigenvalue weighted by Gasteiger charge is -2.01. The minimum absolute atomic E-state index is 0. The standard InChI is InChI=1S/C10H14N2OS.ClH/c1-12-10(11)14-7-9-4-2-8(6-13)3-5-9;/h2-5,13H,6-7H2,1H3,(H2,11,12);1H. The van der Waals surface area contributed by atoms with E-state index >= 15 is 0 Å². The summed E-state index contributed by atoms with van der Waals surface area (Å²) in [5.41, 5.74) is 7.66. The molecule has 0 amide bonds. The lowest BCUT2D eigenvalue weighted by Crippen LogP contribution is -2.05. The number of aliphatic hydroxyl groups is 1. The number of hydrogen-bond donors (Lipinski definition) is 2. The van der Waals surface area contributed by atoms with Crippen LogP contribution in [0.3, 0.4) is 0 Å². The Hall–Kier alpha value is -0.710. The molecule has 15 heavy (non-hydrogen) atoms. The Labute approximate surface area is 100 Å². The summed E-state index contributed by atoms with van der Waals surface area (Å²) in [6.45, 7) is 0.0893. The minimum Gasteiger partial charge on any atom is -0.392 e. The van der Waals surface area contributed by atoms with Crippen LogP contribution in [0.2, 0.25) is 0 Å². The number of hydrogen-bond acceptors (Lipinski definition) is 3. The van der Waals surface area contributed by atoms with Crippen LogP contribution in [0.25, 0.3) is 0 Å². The van der Waals surface area contributed by atoms with Crippen molar-refractivity contribution in [3.05, 3.63) is 35.4 Å². The number of rotatable bonds is 3. The van der Waals surface area contributed by atoms with Gasteiger partial charge in [0.15, 0.2) is 5.17 Å². The first-order valence-corrected chi connectivity index (χ1v) is 5.28. The van der Waals surface area contributed by atoms with Crippen LogP contribution in [0.4, 0.5) is 0 Å². The number of aliphatic hydroxyl groups excluding tert-OH is 1. The molecule has 0 aliphatic carbocycles. The Kier molecular flexibility index (Phi) is 7.21. The maximum atomic E-state index is 8.84. The second-order valence-corrected chi connectivity index (χ2v) is 3.82. The van der Waals surface area contributed by atoms with E-state index < -0.39 is 0 Å². The minimum atomic E-state index is 0. The van der Waals surface area contributed by atoms with Crippen molar-refractivity contribution in [2.45, 2.75) is 12.4 Å². The summed E-state index contributed by atoms with van der Waals surface area (Å²) in [6.07, 6.45) is 0. The van der Waals surface area contributed by atoms with Gasteiger partial charge in [0.25, 0.3) is 0 Å². The van der Waals surface area contributed by atoms with E-state index in [2.05, 4.69) is 4.99 Å². The highest BCUT2D eigenvalue weighted by Crippen LogP contribution is 2.12. The molecule has 0 saturated carbocycles. The molecule has 0 aliphatic rings. The molecule has 0 atom stereocenters. The van der Waals surface area contributed by atoms with Gasteiger partial charge in [-0.2, -0.15) is 0 Å². The zero-order chi connectivity index (χ0) is 10.4. The fraction of sp³-hybridized carbons (Fsp3) is 0.300. The molecule has 1 rings (SSSR count). The molecular weight excluding hydrogens is 232 g/mol. The summed E-state index contributed by atoms with van der Waals surface area (Å²) in [6, 6.07) is 7.80. The molecule has 0 bridgehead atoms. The summed E-state index contributed by atoms with van der Waals surface area (Å²) in [7, 11) is 1.68. The predicted octanol–water partition coefficient (Wildman–Crippen LogP) is 1.78. The van der Waals surface area contributed by atoms with Crippen molar-refractivity contribution in [3.8, 4) is 0 Å². The fourth-order valence-electron chi connectivity index (χ4n) is 0.963. The smallest absolute Gasteiger partial charge is 0.153 e. The number of nitrogens with two attached hydrogens (primary N) is 1. The molecule has 0 radical (unpaired) electrons. The summed E-state index contributed by atoms with van der Waals surface area (Å²) < 4.78 is 0. The van der Waals surface area contributed by atoms with Gasteiger partial charge in [-0.3, -0.25) is 4.99 Å². The Bertz CT molecular complexity index is 314. The van der Waals surface area contributed by atoms with Crippen molar-refractivity contribution in [3.63, 3.8) is 0 Å². The van der Waals surface area contributed by atoms with Gasteiger partial charge in [0.05, 0.1) is 6.61 Å². The van der Waals surface area contributed by atoms with Gasteiger partial charge >= 0.3 is 0 Å². The highest BCUT2D eigenvalue weighted by atomic mass is 35.5. The van der Waals surface area contributed by atoms with E-state index in [1.165, 1.54) is 17.3 Å². The van der Waals surface area contributed by atoms with Crippen LogP contribution >= 0.6 is 24.2 Å². The zero-order valence-corrected chi connectivity index (χ0v) is 10.1. The molecule has 3 nitrogen and oxygen atoms in total. The van der Waals surface area contributed by atoms with Crippen molar-refractivity contribution in [1.82, 2.24) is 0 Å². The number of benzene rings is 1. The SMILES string of the molecule is CN=C(N)SCc1ccc(CO)cc1.Cl. The fourth-order valence-corrected chi connectivity index (χ4v) is 1.60. The van der Waals surface area contributed by atoms with E-state index in [0.29, 0.717) is 5.17 Å². The van der Waals surface area contributed by atoms with Crippen molar-refractivity contribution in [1.29, 1.82) is 0 Å². The largest absolute Gasteiger partial charge is 0.392 e. The summed E-state index contributed by atoms with van der Waals surface area (Å²) >= 11 is 1.51. The maximum absolute atomic E-state index is 8.84. The Morgan fingerprint density at radius 3 is 2.33 bits per heavy atom. The molecule has 0 aliphatic heterocycles. The second kappa shape index (κ2) is 7.56. The van der Waals surface area contributed by atoms with E-state index in [0.717, 1.165) is 11.3 Å². The summed E-state index contributed by atoms with van der Waals surface area (Å²) in [5, 5.41) is 9.43. The topological polar surface area (TPSA) is 58.6 Å². The Balaban J connectivity index is 0.00000196. The number of nitrogens with zero attached hydrogens (tertiary/aromatic N) is 1. The van der Waals surface area contributed by atoms with Crippen LogP contribution in [0.1, 0.15) is 11.1 Å². The van der Waals surface area contributed by atoms with Crippen LogP contribution < -0.4 is 5.73 Å². The molecule has 5 heteroatoms. The van der Waals surface area contributed by atoms with Gasteiger partial charge in [-0.25, -0.2) is 0 Å². The van der Waals surface area contributed by atoms with Gasteiger partial charge in [-0.15, -0.1) is 12.4 Å². The van der Waals surface area contributed by atoms with Crippen molar-refractivity contribution in [2.24, 2.45) is 10.7 Å². The average Bonchev–Trinajstić information content (AvgIpc) is 2.26. The molecule has 0 saturated heterocycles. The van der Waals surface area contributed by atoms with Gasteiger partial charge in [-0.1, -0.05) is 36.0 Å². The third-order valence-electron chi connectivity index (χ3n) is 1.81. The van der Waals surface area contributed by atoms with Gasteiger partial charge < -0.3 is 10.8 Å². The van der Waals surface area contributed by atoms with Crippen LogP contribution in [0, 0.1) is 0 Å². The Morgan fingerprint density at radius 1 is 1.33 bits per heavy atom. The lowest BCUT2D eigenvalue weighted by molar-refractivity contribution is 0.282. The first-order valence-electron chi connectivity index (χ1n) is 4.30. The average molecular weight is 247 g/mol. The zero-order valence-electron chi connectivity index (χ0n) is 8.51. The molecule has 1 aromatic rings. The molecule has 1 aromatic carbocycles. The highest BCUT2D eigenvalue weighted by Gasteiger charge is 1.96. The van der Waals surface area contributed by atoms with Crippen LogP contribution in [0.5, 0.6) is 0 Å². The van der Waals surface area contributed by atoms with E-state index in [1.807, 2.05) is 24.3 Å². The van der Waals surface area contributed by atoms with Gasteiger partial charge in [-0.05, 0) is 11.1 Å². The van der Waals surface area contributed by atoms with Crippen molar-refractivity contribution < 1.29 is 5.11 Å². The number of halogens is 1. The monoisotopic (exact) mass is 246 g/mol. The molecule has 0 unspecified atom stereocenters. The quantitative estimate of drug-likeness (QED) is 0.631. The van der Waals surface area contributed by atoms with E-state index in [1.54, 1.807) is 7.05 Å². The van der Waals surface area contributed by atoms with Crippen LogP contribution in [-0.2, 0) is 12.4 Å². The lowest BCUT2D eigenvalue weighted by atomic mass is 10.2. The van der Waals surface area contributed by atoms with Gasteiger partial charge in [0, 0.05) is 12.8 Å². The molecule has 3 N–H and O–H groups in total. The predicted molar refractivity (Wildman–Crippen MR) is 68.5 cm³/mol. The molecule has 0 fully saturated rings. The highest BCUT2D eigenvalue weighted by molar-refractivity contribution is 8.13. The third-order valence-corrected chi connectivity index (χ3v) is 2.77. The first kappa shape index (κ1) is 14.3. The van der Waals surface area contributed by atoms with Crippen molar-refractivity contribution >= 4 is 29.3 Å². The van der Waals surface area contributed by atoms with E-state index in [9.17, 15) is 0 Å². The first-order chi connectivity index (χ1) is 6.76. The maximum Gasteiger partial charge on any atom is 0.153 e. The summed E-state index contributed by atoms with van der Waals surface area (Å²) in [4.78, 5) is 3.85. The van der Waals surface area contributed by atoms with Crippen molar-refractivity contribution in [2.75, 3.05) is 7.05 Å². The van der Waals surface area contributed by atoms with Gasteiger partial charge in [0.1, 0.15) is 0 Å². The second-order valence-electron chi connectivity index (χ2n) is 2.83. The van der Waals surface area contributed by atoms with Crippen LogP contribution in [0.15, 0.2) is 29.3 Å². The number of thioether (sulfide) groups is 1. The van der Waals surface area contributed by atoms with E-state index in [-0.39, 0.29) is 19.0 Å². The Morgan fingerprint density at radius 2 is 1.87 bits per heavy atom. The van der Waals surface area contributed by atoms with Gasteiger partial charge in [0.2, 0.25) is 0 Å². The molecule has 0 aromatic heterocycles. The number of aliphatic imine (C=N–C) groups is 1. The summed E-state index contributed by atoms with van der Waals surface area (Å²) in [5.74, 6) is 0.814. The van der Waals surface area contributed by atoms with Crippen LogP contribution in [-0.4, -0.2) is 17.3 Å². The third kappa shape index (κ3) is 5.06. The molecular formula is C10H15ClN2OS. The molecule has 84 valence electrons. The normalized spacial score (nSPS) is 10.9. The molecule has 0 heterocycles. The number of amidine groups is 1.